The monoisotopic (exact) mass is 1670 g/mol. The first kappa shape index (κ1) is 116. The molecule has 0 aromatic heterocycles. The molecule has 0 aliphatic heterocycles. The van der Waals surface area contributed by atoms with E-state index in [2.05, 4.69) is 414 Å². The van der Waals surface area contributed by atoms with Gasteiger partial charge in [-0.25, -0.2) is 0 Å². The van der Waals surface area contributed by atoms with Crippen LogP contribution in [0.25, 0.3) is 122 Å². The first-order valence-corrected chi connectivity index (χ1v) is 48.4. The fourth-order valence-electron chi connectivity index (χ4n) is 14.1. The normalized spacial score (nSPS) is 9.15. The summed E-state index contributed by atoms with van der Waals surface area (Å²) in [6.45, 7) is 71.2. The molecule has 0 bridgehead atoms. The summed E-state index contributed by atoms with van der Waals surface area (Å²) in [6.07, 6.45) is 0. The molecule has 0 atom stereocenters. The van der Waals surface area contributed by atoms with Gasteiger partial charge < -0.3 is 14.7 Å². The second-order valence-corrected chi connectivity index (χ2v) is 24.6. The molecular formula is C122H167N3. The Morgan fingerprint density at radius 2 is 0.288 bits per heavy atom. The van der Waals surface area contributed by atoms with Crippen LogP contribution < -0.4 is 14.7 Å². The SMILES string of the molecule is CC.CC.CC.CC.CC.CC.CC.CC.CC.CC.CC.CC.CC.CCN(CC)c1c(-c2ccccc2)c(-c2ccccc2)c(-c2ccccc2)c(-c2ccccc2)c1-c1ccccc1.CCN(CC)c1c(-c2ccccc2)cc(-c2ccccc2)cc1-c1ccccc1.CCN(CC)c1c(-c2ccccc2)ccc(-c2ccccc2)c1-c1ccccc1. The van der Waals surface area contributed by atoms with Gasteiger partial charge in [0.15, 0.2) is 0 Å². The summed E-state index contributed by atoms with van der Waals surface area (Å²) in [7, 11) is 0. The number of rotatable bonds is 20. The van der Waals surface area contributed by atoms with E-state index in [0.29, 0.717) is 0 Å². The molecule has 0 heterocycles. The molecule has 3 nitrogen and oxygen atoms in total. The lowest BCUT2D eigenvalue weighted by Crippen LogP contribution is -2.24. The van der Waals surface area contributed by atoms with E-state index >= 15 is 0 Å². The largest absolute Gasteiger partial charge is 0.371 e. The third kappa shape index (κ3) is 33.8. The van der Waals surface area contributed by atoms with Gasteiger partial charge in [0.25, 0.3) is 0 Å². The van der Waals surface area contributed by atoms with Crippen molar-refractivity contribution < 1.29 is 0 Å². The van der Waals surface area contributed by atoms with E-state index in [-0.39, 0.29) is 0 Å². The molecule has 14 rings (SSSR count). The lowest BCUT2D eigenvalue weighted by Gasteiger charge is -2.34. The quantitative estimate of drug-likeness (QED) is 0.0753. The third-order valence-corrected chi connectivity index (χ3v) is 18.8. The maximum atomic E-state index is 2.54. The van der Waals surface area contributed by atoms with Gasteiger partial charge in [-0.05, 0) is 132 Å². The van der Waals surface area contributed by atoms with E-state index in [1.165, 1.54) is 139 Å². The second-order valence-electron chi connectivity index (χ2n) is 24.6. The van der Waals surface area contributed by atoms with Crippen LogP contribution in [0.4, 0.5) is 17.1 Å². The van der Waals surface area contributed by atoms with Gasteiger partial charge in [0, 0.05) is 83.8 Å². The molecule has 0 spiro atoms. The summed E-state index contributed by atoms with van der Waals surface area (Å²) < 4.78 is 0. The number of nitrogens with zero attached hydrogens (tertiary/aromatic N) is 3. The van der Waals surface area contributed by atoms with Crippen LogP contribution >= 0.6 is 0 Å². The highest BCUT2D eigenvalue weighted by atomic mass is 15.1. The van der Waals surface area contributed by atoms with Crippen LogP contribution in [0.3, 0.4) is 0 Å². The van der Waals surface area contributed by atoms with Crippen molar-refractivity contribution in [3.63, 3.8) is 0 Å². The van der Waals surface area contributed by atoms with Crippen molar-refractivity contribution in [3.8, 4) is 122 Å². The summed E-state index contributed by atoms with van der Waals surface area (Å²) >= 11 is 0. The van der Waals surface area contributed by atoms with Crippen LogP contribution in [0.5, 0.6) is 0 Å². The molecule has 125 heavy (non-hydrogen) atoms. The molecule has 0 amide bonds. The molecule has 0 fully saturated rings. The fraction of sp³-hybridized carbons (Fsp3) is 0.311. The van der Waals surface area contributed by atoms with E-state index in [0.717, 1.165) is 39.3 Å². The molecular weight excluding hydrogens is 1510 g/mol. The lowest BCUT2D eigenvalue weighted by atomic mass is 9.77. The van der Waals surface area contributed by atoms with Crippen molar-refractivity contribution in [2.75, 3.05) is 54.0 Å². The van der Waals surface area contributed by atoms with Crippen LogP contribution in [-0.4, -0.2) is 39.3 Å². The first-order valence-electron chi connectivity index (χ1n) is 48.4. The Bertz CT molecular complexity index is 4610. The molecule has 14 aromatic carbocycles. The zero-order chi connectivity index (χ0) is 94.1. The van der Waals surface area contributed by atoms with E-state index in [1.807, 2.05) is 180 Å². The van der Waals surface area contributed by atoms with Crippen molar-refractivity contribution in [2.45, 2.75) is 222 Å². The van der Waals surface area contributed by atoms with Crippen molar-refractivity contribution in [3.05, 3.63) is 358 Å². The fourth-order valence-corrected chi connectivity index (χ4v) is 14.1. The van der Waals surface area contributed by atoms with Gasteiger partial charge in [0.1, 0.15) is 0 Å². The summed E-state index contributed by atoms with van der Waals surface area (Å²) in [6, 6.07) is 128. The highest BCUT2D eigenvalue weighted by Gasteiger charge is 2.31. The van der Waals surface area contributed by atoms with Crippen molar-refractivity contribution in [1.82, 2.24) is 0 Å². The van der Waals surface area contributed by atoms with Gasteiger partial charge in [0.05, 0.1) is 17.1 Å². The second kappa shape index (κ2) is 74.0. The van der Waals surface area contributed by atoms with Crippen LogP contribution in [0.1, 0.15) is 222 Å². The maximum Gasteiger partial charge on any atom is 0.0538 e. The number of hydrogen-bond acceptors (Lipinski definition) is 3. The van der Waals surface area contributed by atoms with Crippen LogP contribution in [0.15, 0.2) is 358 Å². The van der Waals surface area contributed by atoms with E-state index in [1.54, 1.807) is 0 Å². The van der Waals surface area contributed by atoms with Crippen LogP contribution in [0.2, 0.25) is 0 Å². The van der Waals surface area contributed by atoms with Gasteiger partial charge in [-0.3, -0.25) is 0 Å². The molecule has 0 N–H and O–H groups in total. The van der Waals surface area contributed by atoms with E-state index in [9.17, 15) is 0 Å². The lowest BCUT2D eigenvalue weighted by molar-refractivity contribution is 0.868. The standard InChI is InChI=1S/C40H35N.2C28H27N.13C2H6/c1-3-41(4-2)40-38(33-26-16-8-17-27-33)36(31-22-12-6-13-23-31)35(30-20-10-5-11-21-30)37(32-24-14-7-15-25-32)39(40)34-28-18-9-19-29-34;1-3-29(4-2)28-26(23-16-10-6-11-17-23)20-25(22-14-8-5-9-15-22)21-27(28)24-18-12-7-13-19-24;1-3-29(4-2)28-26(23-16-10-6-11-17-23)21-20-25(22-14-8-5-9-15-22)27(28)24-18-12-7-13-19-24;13*1-2/h5-29H,3-4H2,1-2H3;2*5-21H,3-4H2,1-2H3;13*1-2H3. The van der Waals surface area contributed by atoms with Crippen molar-refractivity contribution in [2.24, 2.45) is 0 Å². The zero-order valence-corrected chi connectivity index (χ0v) is 84.1. The number of benzene rings is 14. The average Bonchev–Trinajstić information content (AvgIpc) is 0.717. The van der Waals surface area contributed by atoms with Gasteiger partial charge >= 0.3 is 0 Å². The summed E-state index contributed by atoms with van der Waals surface area (Å²) in [5.41, 5.74) is 31.6. The Morgan fingerprint density at radius 3 is 0.520 bits per heavy atom. The summed E-state index contributed by atoms with van der Waals surface area (Å²) in [4.78, 5) is 7.49. The van der Waals surface area contributed by atoms with Crippen LogP contribution in [-0.2, 0) is 0 Å². The number of hydrogen-bond donors (Lipinski definition) is 0. The molecule has 0 radical (unpaired) electrons. The minimum Gasteiger partial charge on any atom is -0.371 e. The molecule has 0 aliphatic rings. The van der Waals surface area contributed by atoms with Gasteiger partial charge in [-0.1, -0.05) is 526 Å². The maximum absolute atomic E-state index is 2.54. The predicted octanol–water partition coefficient (Wildman–Crippen LogP) is 39.3. The molecule has 0 saturated heterocycles. The minimum atomic E-state index is 0.906. The van der Waals surface area contributed by atoms with Gasteiger partial charge in [0.2, 0.25) is 0 Å². The highest BCUT2D eigenvalue weighted by Crippen LogP contribution is 2.56. The summed E-state index contributed by atoms with van der Waals surface area (Å²) in [5, 5.41) is 0. The molecule has 14 aromatic rings. The molecule has 3 heteroatoms. The van der Waals surface area contributed by atoms with Gasteiger partial charge in [-0.2, -0.15) is 0 Å². The van der Waals surface area contributed by atoms with E-state index in [4.69, 9.17) is 0 Å². The Hall–Kier alpha value is -11.5. The van der Waals surface area contributed by atoms with E-state index < -0.39 is 0 Å². The smallest absolute Gasteiger partial charge is 0.0538 e. The Labute approximate surface area is 767 Å². The predicted molar refractivity (Wildman–Crippen MR) is 577 cm³/mol. The van der Waals surface area contributed by atoms with Gasteiger partial charge in [-0.15, -0.1) is 0 Å². The average molecular weight is 1680 g/mol. The zero-order valence-electron chi connectivity index (χ0n) is 84.1. The summed E-state index contributed by atoms with van der Waals surface area (Å²) in [5.74, 6) is 0. The minimum absolute atomic E-state index is 0.906. The molecule has 0 saturated carbocycles. The van der Waals surface area contributed by atoms with Crippen LogP contribution in [0, 0.1) is 0 Å². The topological polar surface area (TPSA) is 9.72 Å². The van der Waals surface area contributed by atoms with Crippen molar-refractivity contribution in [1.29, 1.82) is 0 Å². The molecule has 670 valence electrons. The highest BCUT2D eigenvalue weighted by molar-refractivity contribution is 6.14. The molecule has 0 unspecified atom stereocenters. The third-order valence-electron chi connectivity index (χ3n) is 18.8. The Balaban J connectivity index is 0. The Morgan fingerprint density at radius 1 is 0.128 bits per heavy atom. The van der Waals surface area contributed by atoms with Crippen molar-refractivity contribution >= 4 is 17.1 Å². The molecule has 0 aliphatic carbocycles. The number of anilines is 3. The first-order chi connectivity index (χ1) is 62.0. The Kier molecular flexibility index (Phi) is 68.4.